The van der Waals surface area contributed by atoms with Gasteiger partial charge >= 0.3 is 6.03 Å². The van der Waals surface area contributed by atoms with Crippen LogP contribution in [-0.2, 0) is 11.2 Å². The number of nitrogens with one attached hydrogen (secondary N) is 3. The van der Waals surface area contributed by atoms with Gasteiger partial charge in [0.1, 0.15) is 5.75 Å². The fourth-order valence-corrected chi connectivity index (χ4v) is 3.00. The normalized spacial score (nSPS) is 14.6. The molecule has 6 nitrogen and oxygen atoms in total. The minimum Gasteiger partial charge on any atom is -0.497 e. The summed E-state index contributed by atoms with van der Waals surface area (Å²) in [5.74, 6) is 0.775. The largest absolute Gasteiger partial charge is 0.497 e. The summed E-state index contributed by atoms with van der Waals surface area (Å²) in [6.45, 7) is 0.937. The molecule has 1 aromatic carbocycles. The highest BCUT2D eigenvalue weighted by atomic mass is 16.5. The molecule has 0 bridgehead atoms. The third kappa shape index (κ3) is 7.45. The number of amides is 3. The lowest BCUT2D eigenvalue weighted by molar-refractivity contribution is -0.120. The topological polar surface area (TPSA) is 79.5 Å². The molecule has 3 amide bonds. The van der Waals surface area contributed by atoms with Crippen molar-refractivity contribution in [1.29, 1.82) is 0 Å². The Labute approximate surface area is 149 Å². The predicted molar refractivity (Wildman–Crippen MR) is 97.7 cm³/mol. The summed E-state index contributed by atoms with van der Waals surface area (Å²) in [6.07, 6.45) is 6.80. The summed E-state index contributed by atoms with van der Waals surface area (Å²) >= 11 is 0. The van der Waals surface area contributed by atoms with Crippen molar-refractivity contribution in [3.63, 3.8) is 0 Å². The first kappa shape index (κ1) is 19.1. The van der Waals surface area contributed by atoms with Gasteiger partial charge in [0.05, 0.1) is 7.11 Å². The number of urea groups is 1. The third-order valence-corrected chi connectivity index (χ3v) is 4.47. The molecule has 0 unspecified atom stereocenters. The highest BCUT2D eigenvalue weighted by molar-refractivity contribution is 5.78. The molecule has 1 aliphatic carbocycles. The highest BCUT2D eigenvalue weighted by Gasteiger charge is 2.15. The van der Waals surface area contributed by atoms with E-state index in [1.54, 1.807) is 7.11 Å². The van der Waals surface area contributed by atoms with Gasteiger partial charge in [-0.05, 0) is 37.0 Å². The minimum atomic E-state index is -0.169. The van der Waals surface area contributed by atoms with Gasteiger partial charge in [0.2, 0.25) is 5.91 Å². The molecule has 0 aromatic heterocycles. The average molecular weight is 347 g/mol. The van der Waals surface area contributed by atoms with Crippen molar-refractivity contribution in [2.75, 3.05) is 20.2 Å². The summed E-state index contributed by atoms with van der Waals surface area (Å²) in [5.41, 5.74) is 1.14. The van der Waals surface area contributed by atoms with Gasteiger partial charge in [-0.2, -0.15) is 0 Å². The highest BCUT2D eigenvalue weighted by Crippen LogP contribution is 2.17. The van der Waals surface area contributed by atoms with Crippen LogP contribution in [0.3, 0.4) is 0 Å². The summed E-state index contributed by atoms with van der Waals surface area (Å²) in [4.78, 5) is 23.6. The fourth-order valence-electron chi connectivity index (χ4n) is 3.00. The molecule has 1 fully saturated rings. The van der Waals surface area contributed by atoms with E-state index in [4.69, 9.17) is 4.74 Å². The zero-order chi connectivity index (χ0) is 17.9. The van der Waals surface area contributed by atoms with E-state index < -0.39 is 0 Å². The molecule has 3 N–H and O–H groups in total. The zero-order valence-electron chi connectivity index (χ0n) is 15.0. The number of benzene rings is 1. The quantitative estimate of drug-likeness (QED) is 0.675. The second-order valence-electron chi connectivity index (χ2n) is 6.43. The molecule has 138 valence electrons. The first-order valence-electron chi connectivity index (χ1n) is 9.11. The second kappa shape index (κ2) is 10.6. The maximum Gasteiger partial charge on any atom is 0.315 e. The number of methoxy groups -OCH3 is 1. The van der Waals surface area contributed by atoms with E-state index in [2.05, 4.69) is 16.0 Å². The molecule has 0 spiro atoms. The Balaban J connectivity index is 1.53. The second-order valence-corrected chi connectivity index (χ2v) is 6.43. The third-order valence-electron chi connectivity index (χ3n) is 4.47. The van der Waals surface area contributed by atoms with Crippen molar-refractivity contribution in [2.24, 2.45) is 0 Å². The Kier molecular flexibility index (Phi) is 8.09. The van der Waals surface area contributed by atoms with Gasteiger partial charge in [-0.1, -0.05) is 31.4 Å². The van der Waals surface area contributed by atoms with Crippen molar-refractivity contribution < 1.29 is 14.3 Å². The van der Waals surface area contributed by atoms with Gasteiger partial charge in [-0.15, -0.1) is 0 Å². The molecule has 0 saturated heterocycles. The van der Waals surface area contributed by atoms with Crippen LogP contribution in [0.1, 0.15) is 44.1 Å². The first-order valence-corrected chi connectivity index (χ1v) is 9.11. The Morgan fingerprint density at radius 1 is 1.04 bits per heavy atom. The van der Waals surface area contributed by atoms with Crippen LogP contribution >= 0.6 is 0 Å². The number of ether oxygens (including phenoxy) is 1. The molecule has 0 atom stereocenters. The monoisotopic (exact) mass is 347 g/mol. The van der Waals surface area contributed by atoms with Crippen LogP contribution in [0.2, 0.25) is 0 Å². The average Bonchev–Trinajstić information content (AvgIpc) is 2.63. The van der Waals surface area contributed by atoms with Gasteiger partial charge in [0.25, 0.3) is 0 Å². The van der Waals surface area contributed by atoms with Crippen molar-refractivity contribution in [3.8, 4) is 5.75 Å². The van der Waals surface area contributed by atoms with Gasteiger partial charge in [0.15, 0.2) is 0 Å². The lowest BCUT2D eigenvalue weighted by atomic mass is 9.96. The van der Waals surface area contributed by atoms with Gasteiger partial charge in [-0.3, -0.25) is 4.79 Å². The van der Waals surface area contributed by atoms with Crippen LogP contribution in [0.5, 0.6) is 5.75 Å². The SMILES string of the molecule is COc1ccc(CCNC(=O)CCNC(=O)NC2CCCCC2)cc1. The zero-order valence-corrected chi connectivity index (χ0v) is 15.0. The van der Waals surface area contributed by atoms with Crippen LogP contribution in [-0.4, -0.2) is 38.2 Å². The van der Waals surface area contributed by atoms with E-state index in [-0.39, 0.29) is 18.0 Å². The lowest BCUT2D eigenvalue weighted by Crippen LogP contribution is -2.43. The van der Waals surface area contributed by atoms with Gasteiger partial charge in [-0.25, -0.2) is 4.79 Å². The van der Waals surface area contributed by atoms with E-state index in [1.165, 1.54) is 19.3 Å². The summed E-state index contributed by atoms with van der Waals surface area (Å²) in [6, 6.07) is 7.91. The molecule has 1 saturated carbocycles. The van der Waals surface area contributed by atoms with E-state index in [0.717, 1.165) is 30.6 Å². The van der Waals surface area contributed by atoms with E-state index in [1.807, 2.05) is 24.3 Å². The van der Waals surface area contributed by atoms with E-state index in [9.17, 15) is 9.59 Å². The molecule has 0 radical (unpaired) electrons. The molecule has 0 aliphatic heterocycles. The molecule has 2 rings (SSSR count). The minimum absolute atomic E-state index is 0.0496. The van der Waals surface area contributed by atoms with Crippen LogP contribution in [0.15, 0.2) is 24.3 Å². The Hall–Kier alpha value is -2.24. The van der Waals surface area contributed by atoms with Crippen molar-refractivity contribution in [2.45, 2.75) is 51.0 Å². The van der Waals surface area contributed by atoms with Crippen molar-refractivity contribution >= 4 is 11.9 Å². The molecular formula is C19H29N3O3. The van der Waals surface area contributed by atoms with Crippen LogP contribution in [0.25, 0.3) is 0 Å². The van der Waals surface area contributed by atoms with Gasteiger partial charge in [0, 0.05) is 25.6 Å². The molecule has 25 heavy (non-hydrogen) atoms. The molecule has 1 aromatic rings. The molecule has 6 heteroatoms. The fraction of sp³-hybridized carbons (Fsp3) is 0.579. The maximum atomic E-state index is 11.8. The standard InChI is InChI=1S/C19H29N3O3/c1-25-17-9-7-15(8-10-17)11-13-20-18(23)12-14-21-19(24)22-16-5-3-2-4-6-16/h7-10,16H,2-6,11-14H2,1H3,(H,20,23)(H2,21,22,24). The number of hydrogen-bond donors (Lipinski definition) is 3. The number of rotatable bonds is 8. The number of carbonyl (C=O) groups is 2. The van der Waals surface area contributed by atoms with Gasteiger partial charge < -0.3 is 20.7 Å². The Morgan fingerprint density at radius 3 is 2.44 bits per heavy atom. The molecule has 0 heterocycles. The number of hydrogen-bond acceptors (Lipinski definition) is 3. The molecule has 1 aliphatic rings. The van der Waals surface area contributed by atoms with E-state index >= 15 is 0 Å². The van der Waals surface area contributed by atoms with Crippen molar-refractivity contribution in [1.82, 2.24) is 16.0 Å². The number of carbonyl (C=O) groups excluding carboxylic acids is 2. The van der Waals surface area contributed by atoms with Crippen molar-refractivity contribution in [3.05, 3.63) is 29.8 Å². The van der Waals surface area contributed by atoms with Crippen LogP contribution < -0.4 is 20.7 Å². The predicted octanol–water partition coefficient (Wildman–Crippen LogP) is 2.38. The summed E-state index contributed by atoms with van der Waals surface area (Å²) < 4.78 is 5.11. The Morgan fingerprint density at radius 2 is 1.76 bits per heavy atom. The maximum absolute atomic E-state index is 11.8. The van der Waals surface area contributed by atoms with E-state index in [0.29, 0.717) is 19.5 Å². The smallest absolute Gasteiger partial charge is 0.315 e. The summed E-state index contributed by atoms with van der Waals surface area (Å²) in [5, 5.41) is 8.60. The first-order chi connectivity index (χ1) is 12.2. The van der Waals surface area contributed by atoms with Crippen LogP contribution in [0.4, 0.5) is 4.79 Å². The Bertz CT molecular complexity index is 539. The lowest BCUT2D eigenvalue weighted by Gasteiger charge is -2.22. The summed E-state index contributed by atoms with van der Waals surface area (Å²) in [7, 11) is 1.64. The van der Waals surface area contributed by atoms with Crippen LogP contribution in [0, 0.1) is 0 Å². The molecular weight excluding hydrogens is 318 g/mol.